The molecule has 2 rings (SSSR count). The Kier molecular flexibility index (Phi) is 6.65. The van der Waals surface area contributed by atoms with Crippen molar-refractivity contribution in [3.8, 4) is 0 Å². The van der Waals surface area contributed by atoms with Gasteiger partial charge in [-0.3, -0.25) is 4.79 Å². The van der Waals surface area contributed by atoms with Crippen molar-refractivity contribution >= 4 is 44.8 Å². The third-order valence-corrected chi connectivity index (χ3v) is 5.87. The van der Waals surface area contributed by atoms with Crippen LogP contribution >= 0.6 is 23.2 Å². The van der Waals surface area contributed by atoms with E-state index in [0.29, 0.717) is 22.3 Å². The van der Waals surface area contributed by atoms with Crippen LogP contribution in [0.3, 0.4) is 0 Å². The number of halogens is 2. The summed E-state index contributed by atoms with van der Waals surface area (Å²) < 4.78 is 22.5. The van der Waals surface area contributed by atoms with Crippen LogP contribution in [0.4, 0.5) is 5.69 Å². The second-order valence-corrected chi connectivity index (χ2v) is 8.36. The SMILES string of the molecule is C[C@@H](C(=O)Nc1ccc(S(N)(=O)=O)cc1)[NH+](C)Cc1cccc(Cl)c1Cl. The molecule has 0 radical (unpaired) electrons. The molecule has 0 aliphatic carbocycles. The quantitative estimate of drug-likeness (QED) is 0.668. The summed E-state index contributed by atoms with van der Waals surface area (Å²) in [7, 11) is -1.88. The van der Waals surface area contributed by atoms with Crippen LogP contribution in [0.2, 0.25) is 10.0 Å². The lowest BCUT2D eigenvalue weighted by Crippen LogP contribution is -3.12. The highest BCUT2D eigenvalue weighted by atomic mass is 35.5. The molecule has 9 heteroatoms. The average Bonchev–Trinajstić information content (AvgIpc) is 2.57. The average molecular weight is 417 g/mol. The second kappa shape index (κ2) is 8.37. The van der Waals surface area contributed by atoms with Crippen LogP contribution in [0.15, 0.2) is 47.4 Å². The van der Waals surface area contributed by atoms with Crippen LogP contribution in [0.5, 0.6) is 0 Å². The van der Waals surface area contributed by atoms with Crippen molar-refractivity contribution in [3.05, 3.63) is 58.1 Å². The number of anilines is 1. The molecule has 0 saturated heterocycles. The van der Waals surface area contributed by atoms with Crippen LogP contribution in [0.1, 0.15) is 12.5 Å². The molecule has 2 atom stereocenters. The van der Waals surface area contributed by atoms with Crippen molar-refractivity contribution in [2.75, 3.05) is 12.4 Å². The Hall–Kier alpha value is -1.64. The summed E-state index contributed by atoms with van der Waals surface area (Å²) in [6.07, 6.45) is 0. The summed E-state index contributed by atoms with van der Waals surface area (Å²) in [5.74, 6) is -0.205. The molecule has 6 nitrogen and oxygen atoms in total. The van der Waals surface area contributed by atoms with E-state index in [1.165, 1.54) is 24.3 Å². The zero-order valence-electron chi connectivity index (χ0n) is 14.3. The summed E-state index contributed by atoms with van der Waals surface area (Å²) in [5, 5.41) is 8.77. The van der Waals surface area contributed by atoms with Crippen molar-refractivity contribution in [1.82, 2.24) is 0 Å². The lowest BCUT2D eigenvalue weighted by atomic mass is 10.2. The lowest BCUT2D eigenvalue weighted by Gasteiger charge is -2.21. The van der Waals surface area contributed by atoms with E-state index in [9.17, 15) is 13.2 Å². The Bertz CT molecular complexity index is 902. The normalized spacial score (nSPS) is 13.9. The molecule has 2 aromatic carbocycles. The molecule has 26 heavy (non-hydrogen) atoms. The highest BCUT2D eigenvalue weighted by Crippen LogP contribution is 2.24. The Morgan fingerprint density at radius 2 is 1.81 bits per heavy atom. The molecule has 1 unspecified atom stereocenters. The standard InChI is InChI=1S/C17H19Cl2N3O3S/c1-11(22(2)10-12-4-3-5-15(18)16(12)19)17(23)21-13-6-8-14(9-7-13)26(20,24)25/h3-9,11H,10H2,1-2H3,(H,21,23)(H2,20,24,25)/p+1/t11-/m0/s1. The minimum atomic E-state index is -3.76. The number of hydrogen-bond donors (Lipinski definition) is 3. The predicted octanol–water partition coefficient (Wildman–Crippen LogP) is 1.68. The van der Waals surface area contributed by atoms with Gasteiger partial charge in [-0.15, -0.1) is 0 Å². The molecule has 0 aliphatic rings. The molecule has 140 valence electrons. The summed E-state index contributed by atoms with van der Waals surface area (Å²) in [5.41, 5.74) is 1.34. The van der Waals surface area contributed by atoms with Gasteiger partial charge in [0.05, 0.1) is 22.0 Å². The molecule has 0 aromatic heterocycles. The molecule has 0 spiro atoms. The first kappa shape index (κ1) is 20.7. The number of primary sulfonamides is 1. The van der Waals surface area contributed by atoms with Crippen molar-refractivity contribution < 1.29 is 18.1 Å². The van der Waals surface area contributed by atoms with E-state index in [1.54, 1.807) is 13.0 Å². The zero-order chi connectivity index (χ0) is 19.5. The number of nitrogens with two attached hydrogens (primary N) is 1. The fourth-order valence-electron chi connectivity index (χ4n) is 2.34. The molecular formula is C17H20Cl2N3O3S+. The van der Waals surface area contributed by atoms with Gasteiger partial charge in [0.1, 0.15) is 6.54 Å². The first-order valence-electron chi connectivity index (χ1n) is 7.78. The summed E-state index contributed by atoms with van der Waals surface area (Å²) in [6.45, 7) is 2.32. The van der Waals surface area contributed by atoms with Crippen molar-refractivity contribution in [2.45, 2.75) is 24.4 Å². The summed E-state index contributed by atoms with van der Waals surface area (Å²) in [4.78, 5) is 13.4. The van der Waals surface area contributed by atoms with Gasteiger partial charge in [-0.05, 0) is 37.3 Å². The van der Waals surface area contributed by atoms with E-state index in [4.69, 9.17) is 28.3 Å². The maximum Gasteiger partial charge on any atom is 0.282 e. The minimum absolute atomic E-state index is 0.0121. The number of sulfonamides is 1. The van der Waals surface area contributed by atoms with Gasteiger partial charge in [0.2, 0.25) is 10.0 Å². The fraction of sp³-hybridized carbons (Fsp3) is 0.235. The maximum atomic E-state index is 12.4. The zero-order valence-corrected chi connectivity index (χ0v) is 16.6. The number of carbonyl (C=O) groups is 1. The van der Waals surface area contributed by atoms with Crippen molar-refractivity contribution in [2.24, 2.45) is 5.14 Å². The number of nitrogens with one attached hydrogen (secondary N) is 2. The molecule has 2 aromatic rings. The van der Waals surface area contributed by atoms with Gasteiger partial charge < -0.3 is 10.2 Å². The molecule has 0 saturated carbocycles. The Balaban J connectivity index is 2.03. The minimum Gasteiger partial charge on any atom is -0.324 e. The fourth-order valence-corrected chi connectivity index (χ4v) is 3.24. The smallest absolute Gasteiger partial charge is 0.282 e. The van der Waals surface area contributed by atoms with Gasteiger partial charge >= 0.3 is 0 Å². The van der Waals surface area contributed by atoms with E-state index in [2.05, 4.69) is 5.32 Å². The number of quaternary nitrogens is 1. The number of hydrogen-bond acceptors (Lipinski definition) is 3. The first-order chi connectivity index (χ1) is 12.1. The van der Waals surface area contributed by atoms with Gasteiger partial charge in [-0.25, -0.2) is 13.6 Å². The van der Waals surface area contributed by atoms with Gasteiger partial charge in [0.15, 0.2) is 6.04 Å². The largest absolute Gasteiger partial charge is 0.324 e. The van der Waals surface area contributed by atoms with E-state index in [0.717, 1.165) is 10.5 Å². The summed E-state index contributed by atoms with van der Waals surface area (Å²) in [6, 6.07) is 10.7. The molecule has 0 fully saturated rings. The third kappa shape index (κ3) is 5.18. The Morgan fingerprint density at radius 1 is 1.19 bits per heavy atom. The lowest BCUT2D eigenvalue weighted by molar-refractivity contribution is -0.907. The third-order valence-electron chi connectivity index (χ3n) is 4.08. The molecule has 4 N–H and O–H groups in total. The Labute approximate surface area is 162 Å². The number of amides is 1. The highest BCUT2D eigenvalue weighted by molar-refractivity contribution is 7.89. The maximum absolute atomic E-state index is 12.4. The van der Waals surface area contributed by atoms with Crippen LogP contribution in [0.25, 0.3) is 0 Å². The summed E-state index contributed by atoms with van der Waals surface area (Å²) >= 11 is 12.2. The molecule has 0 heterocycles. The van der Waals surface area contributed by atoms with Gasteiger partial charge in [0.25, 0.3) is 5.91 Å². The first-order valence-corrected chi connectivity index (χ1v) is 10.1. The number of carbonyl (C=O) groups excluding carboxylic acids is 1. The number of likely N-dealkylation sites (N-methyl/N-ethyl adjacent to an activating group) is 1. The molecule has 0 aliphatic heterocycles. The number of benzene rings is 2. The Morgan fingerprint density at radius 3 is 2.38 bits per heavy atom. The van der Waals surface area contributed by atoms with Crippen molar-refractivity contribution in [3.63, 3.8) is 0 Å². The number of rotatable bonds is 6. The van der Waals surface area contributed by atoms with Crippen molar-refractivity contribution in [1.29, 1.82) is 0 Å². The van der Waals surface area contributed by atoms with Gasteiger partial charge in [-0.1, -0.05) is 35.3 Å². The van der Waals surface area contributed by atoms with Gasteiger partial charge in [0, 0.05) is 11.3 Å². The van der Waals surface area contributed by atoms with Gasteiger partial charge in [-0.2, -0.15) is 0 Å². The van der Waals surface area contributed by atoms with Crippen LogP contribution in [0, 0.1) is 0 Å². The van der Waals surface area contributed by atoms with E-state index in [1.807, 2.05) is 19.2 Å². The van der Waals surface area contributed by atoms with E-state index >= 15 is 0 Å². The predicted molar refractivity (Wildman–Crippen MR) is 103 cm³/mol. The second-order valence-electron chi connectivity index (χ2n) is 6.02. The molecular weight excluding hydrogens is 397 g/mol. The molecule has 1 amide bonds. The topological polar surface area (TPSA) is 93.7 Å². The van der Waals surface area contributed by atoms with Crippen LogP contribution < -0.4 is 15.4 Å². The van der Waals surface area contributed by atoms with E-state index in [-0.39, 0.29) is 16.8 Å². The monoisotopic (exact) mass is 416 g/mol. The van der Waals surface area contributed by atoms with Crippen LogP contribution in [-0.4, -0.2) is 27.4 Å². The van der Waals surface area contributed by atoms with Crippen LogP contribution in [-0.2, 0) is 21.4 Å². The van der Waals surface area contributed by atoms with E-state index < -0.39 is 10.0 Å². The highest BCUT2D eigenvalue weighted by Gasteiger charge is 2.23. The molecule has 0 bridgehead atoms.